The predicted molar refractivity (Wildman–Crippen MR) is 110 cm³/mol. The largest absolute Gasteiger partial charge is 0.454 e. The average molecular weight is 481 g/mol. The molecule has 2 heterocycles. The number of aliphatic hydroxyl groups excluding tert-OH is 1. The van der Waals surface area contributed by atoms with Crippen LogP contribution in [0.25, 0.3) is 10.9 Å². The van der Waals surface area contributed by atoms with Crippen LogP contribution in [-0.2, 0) is 16.6 Å². The molecule has 0 fully saturated rings. The molecule has 8 nitrogen and oxygen atoms in total. The number of hydrogen-bond donors (Lipinski definition) is 2. The van der Waals surface area contributed by atoms with E-state index < -0.39 is 15.6 Å². The molecular formula is C19H17BrN2O6S. The van der Waals surface area contributed by atoms with Crippen molar-refractivity contribution >= 4 is 36.9 Å². The summed E-state index contributed by atoms with van der Waals surface area (Å²) in [5, 5.41) is 10.1. The number of ether oxygens (including phenoxy) is 2. The first-order chi connectivity index (χ1) is 13.9. The number of rotatable bonds is 6. The number of fused-ring (bicyclic) bond motifs is 2. The summed E-state index contributed by atoms with van der Waals surface area (Å²) in [5.74, 6) is 1.10. The standard InChI is InChI=1S/C19H17BrN2O6S/c20-14-3-1-2-4-18(14)29(25,26)22(5-6-23)10-13-7-12-8-16-17(28-11-27-16)9-15(12)21-19(13)24/h1-4,7-9,23H,5-6,10-11H2,(H,21,24). The van der Waals surface area contributed by atoms with Crippen LogP contribution < -0.4 is 15.0 Å². The molecule has 0 atom stereocenters. The van der Waals surface area contributed by atoms with Gasteiger partial charge in [0, 0.05) is 34.6 Å². The van der Waals surface area contributed by atoms with Gasteiger partial charge in [-0.3, -0.25) is 4.79 Å². The van der Waals surface area contributed by atoms with E-state index in [0.717, 1.165) is 4.31 Å². The molecule has 0 spiro atoms. The summed E-state index contributed by atoms with van der Waals surface area (Å²) < 4.78 is 38.4. The van der Waals surface area contributed by atoms with Gasteiger partial charge in [-0.25, -0.2) is 8.42 Å². The van der Waals surface area contributed by atoms with Gasteiger partial charge in [0.25, 0.3) is 5.56 Å². The maximum absolute atomic E-state index is 13.1. The number of sulfonamides is 1. The molecule has 152 valence electrons. The smallest absolute Gasteiger partial charge is 0.252 e. The van der Waals surface area contributed by atoms with Gasteiger partial charge in [-0.05, 0) is 40.2 Å². The van der Waals surface area contributed by atoms with Crippen LogP contribution in [0, 0.1) is 0 Å². The minimum absolute atomic E-state index is 0.0639. The molecule has 10 heteroatoms. The number of aliphatic hydroxyl groups is 1. The Morgan fingerprint density at radius 1 is 1.14 bits per heavy atom. The number of halogens is 1. The van der Waals surface area contributed by atoms with Gasteiger partial charge in [-0.15, -0.1) is 0 Å². The highest BCUT2D eigenvalue weighted by molar-refractivity contribution is 9.10. The monoisotopic (exact) mass is 480 g/mol. The lowest BCUT2D eigenvalue weighted by Gasteiger charge is -2.22. The minimum Gasteiger partial charge on any atom is -0.454 e. The van der Waals surface area contributed by atoms with Crippen molar-refractivity contribution in [2.45, 2.75) is 11.4 Å². The van der Waals surface area contributed by atoms with E-state index in [9.17, 15) is 18.3 Å². The SMILES string of the molecule is O=c1[nH]c2cc3c(cc2cc1CN(CCO)S(=O)(=O)c1ccccc1Br)OCO3. The first-order valence-electron chi connectivity index (χ1n) is 8.71. The van der Waals surface area contributed by atoms with E-state index in [1.165, 1.54) is 6.07 Å². The lowest BCUT2D eigenvalue weighted by molar-refractivity contribution is 0.174. The molecule has 3 aromatic rings. The molecule has 0 saturated carbocycles. The second-order valence-electron chi connectivity index (χ2n) is 6.41. The van der Waals surface area contributed by atoms with Crippen LogP contribution in [0.1, 0.15) is 5.56 Å². The van der Waals surface area contributed by atoms with Crippen LogP contribution in [0.15, 0.2) is 56.6 Å². The molecular weight excluding hydrogens is 464 g/mol. The Morgan fingerprint density at radius 2 is 1.86 bits per heavy atom. The molecule has 2 aromatic carbocycles. The number of aromatic nitrogens is 1. The fourth-order valence-electron chi connectivity index (χ4n) is 3.14. The quantitative estimate of drug-likeness (QED) is 0.559. The summed E-state index contributed by atoms with van der Waals surface area (Å²) in [7, 11) is -3.94. The van der Waals surface area contributed by atoms with Gasteiger partial charge in [-0.2, -0.15) is 4.31 Å². The Hall–Kier alpha value is -2.40. The highest BCUT2D eigenvalue weighted by atomic mass is 79.9. The van der Waals surface area contributed by atoms with Crippen molar-refractivity contribution in [1.82, 2.24) is 9.29 Å². The van der Waals surface area contributed by atoms with Gasteiger partial charge in [0.05, 0.1) is 17.0 Å². The Labute approximate surface area is 174 Å². The second-order valence-corrected chi connectivity index (χ2v) is 9.17. The van der Waals surface area contributed by atoms with Crippen LogP contribution >= 0.6 is 15.9 Å². The van der Waals surface area contributed by atoms with Crippen molar-refractivity contribution in [3.05, 3.63) is 62.9 Å². The fourth-order valence-corrected chi connectivity index (χ4v) is 5.51. The summed E-state index contributed by atoms with van der Waals surface area (Å²) in [6, 6.07) is 11.4. The van der Waals surface area contributed by atoms with Gasteiger partial charge >= 0.3 is 0 Å². The second kappa shape index (κ2) is 7.79. The first kappa shape index (κ1) is 19.9. The Kier molecular flexibility index (Phi) is 5.34. The Bertz CT molecular complexity index is 1240. The van der Waals surface area contributed by atoms with E-state index in [0.29, 0.717) is 26.9 Å². The molecule has 0 bridgehead atoms. The maximum atomic E-state index is 13.1. The van der Waals surface area contributed by atoms with E-state index in [1.54, 1.807) is 36.4 Å². The molecule has 1 aliphatic heterocycles. The van der Waals surface area contributed by atoms with Crippen LogP contribution in [0.3, 0.4) is 0 Å². The number of pyridine rings is 1. The molecule has 0 saturated heterocycles. The summed E-state index contributed by atoms with van der Waals surface area (Å²) >= 11 is 3.25. The van der Waals surface area contributed by atoms with Crippen LogP contribution in [0.2, 0.25) is 0 Å². The molecule has 1 aromatic heterocycles. The highest BCUT2D eigenvalue weighted by Gasteiger charge is 2.27. The summed E-state index contributed by atoms with van der Waals surface area (Å²) in [5.41, 5.74) is 0.396. The zero-order valence-electron chi connectivity index (χ0n) is 15.1. The summed E-state index contributed by atoms with van der Waals surface area (Å²) in [6.45, 7) is -0.614. The number of nitrogens with one attached hydrogen (secondary N) is 1. The van der Waals surface area contributed by atoms with Crippen LogP contribution in [0.4, 0.5) is 0 Å². The Morgan fingerprint density at radius 3 is 2.59 bits per heavy atom. The van der Waals surface area contributed by atoms with Crippen LogP contribution in [-0.4, -0.2) is 42.8 Å². The maximum Gasteiger partial charge on any atom is 0.252 e. The Balaban J connectivity index is 1.74. The third-order valence-corrected chi connectivity index (χ3v) is 7.42. The predicted octanol–water partition coefficient (Wildman–Crippen LogP) is 2.20. The molecule has 0 unspecified atom stereocenters. The topological polar surface area (TPSA) is 109 Å². The van der Waals surface area contributed by atoms with Gasteiger partial charge in [-0.1, -0.05) is 12.1 Å². The third kappa shape index (κ3) is 3.76. The van der Waals surface area contributed by atoms with Crippen molar-refractivity contribution in [2.75, 3.05) is 19.9 Å². The van der Waals surface area contributed by atoms with Crippen molar-refractivity contribution in [3.8, 4) is 11.5 Å². The minimum atomic E-state index is -3.94. The van der Waals surface area contributed by atoms with Gasteiger partial charge < -0.3 is 19.6 Å². The third-order valence-electron chi connectivity index (χ3n) is 4.56. The average Bonchev–Trinajstić information content (AvgIpc) is 3.13. The van der Waals surface area contributed by atoms with Gasteiger partial charge in [0.1, 0.15) is 0 Å². The lowest BCUT2D eigenvalue weighted by atomic mass is 10.1. The molecule has 0 amide bonds. The zero-order valence-corrected chi connectivity index (χ0v) is 17.5. The van der Waals surface area contributed by atoms with E-state index in [1.807, 2.05) is 0 Å². The molecule has 0 radical (unpaired) electrons. The summed E-state index contributed by atoms with van der Waals surface area (Å²) in [4.78, 5) is 15.4. The number of hydrogen-bond acceptors (Lipinski definition) is 6. The summed E-state index contributed by atoms with van der Waals surface area (Å²) in [6.07, 6.45) is 0. The highest BCUT2D eigenvalue weighted by Crippen LogP contribution is 2.35. The van der Waals surface area contributed by atoms with E-state index in [-0.39, 0.29) is 36.9 Å². The van der Waals surface area contributed by atoms with Crippen molar-refractivity contribution in [1.29, 1.82) is 0 Å². The van der Waals surface area contributed by atoms with E-state index in [4.69, 9.17) is 9.47 Å². The van der Waals surface area contributed by atoms with E-state index in [2.05, 4.69) is 20.9 Å². The van der Waals surface area contributed by atoms with Crippen molar-refractivity contribution in [2.24, 2.45) is 0 Å². The van der Waals surface area contributed by atoms with Crippen molar-refractivity contribution in [3.63, 3.8) is 0 Å². The number of benzene rings is 2. The number of aromatic amines is 1. The van der Waals surface area contributed by atoms with Crippen molar-refractivity contribution < 1.29 is 23.0 Å². The van der Waals surface area contributed by atoms with Crippen LogP contribution in [0.5, 0.6) is 11.5 Å². The lowest BCUT2D eigenvalue weighted by Crippen LogP contribution is -2.35. The normalized spacial score (nSPS) is 13.3. The fraction of sp³-hybridized carbons (Fsp3) is 0.211. The van der Waals surface area contributed by atoms with Gasteiger partial charge in [0.15, 0.2) is 11.5 Å². The molecule has 1 aliphatic rings. The zero-order chi connectivity index (χ0) is 20.6. The first-order valence-corrected chi connectivity index (χ1v) is 10.9. The molecule has 4 rings (SSSR count). The number of H-pyrrole nitrogens is 1. The molecule has 29 heavy (non-hydrogen) atoms. The molecule has 2 N–H and O–H groups in total. The number of nitrogens with zero attached hydrogens (tertiary/aromatic N) is 1. The van der Waals surface area contributed by atoms with Gasteiger partial charge in [0.2, 0.25) is 16.8 Å². The molecule has 0 aliphatic carbocycles. The van der Waals surface area contributed by atoms with E-state index >= 15 is 0 Å².